The second kappa shape index (κ2) is 11.2. The molecule has 3 heteroatoms. The van der Waals surface area contributed by atoms with E-state index in [1.54, 1.807) is 0 Å². The number of rotatable bonds is 4. The summed E-state index contributed by atoms with van der Waals surface area (Å²) in [5.74, 6) is 0.439. The fourth-order valence-corrected chi connectivity index (χ4v) is 9.25. The normalized spacial score (nSPS) is 16.3. The van der Waals surface area contributed by atoms with E-state index in [0.29, 0.717) is 11.2 Å². The van der Waals surface area contributed by atoms with Crippen molar-refractivity contribution in [2.75, 3.05) is 0 Å². The summed E-state index contributed by atoms with van der Waals surface area (Å²) < 4.78 is 2.36. The highest BCUT2D eigenvalue weighted by atomic mass is 32.2. The fourth-order valence-electron chi connectivity index (χ4n) is 7.84. The van der Waals surface area contributed by atoms with E-state index in [1.165, 1.54) is 70.6 Å². The number of hydrogen-bond acceptors (Lipinski definition) is 2. The first-order valence-electron chi connectivity index (χ1n) is 17.0. The highest BCUT2D eigenvalue weighted by Crippen LogP contribution is 2.52. The van der Waals surface area contributed by atoms with Crippen LogP contribution < -0.4 is 0 Å². The standard InChI is InChI=1S/C46H32N2S/c1-29-25-40(49-46(29)32-13-3-2-4-14-32)37-23-24-41-47-44-42(35-21-19-30-11-5-7-15-33(30)26-35)38-17-9-10-18-39(38)43(45(44)48(41)28-37)36-22-20-31-12-6-8-16-34(31)27-36/h2-29,46H,1H3/t29-,46?/m0/s1. The second-order valence-electron chi connectivity index (χ2n) is 13.2. The number of hydrogen-bond donors (Lipinski definition) is 0. The molecule has 1 unspecified atom stereocenters. The van der Waals surface area contributed by atoms with Crippen LogP contribution >= 0.6 is 11.8 Å². The molecule has 10 rings (SSSR count). The lowest BCUT2D eigenvalue weighted by atomic mass is 9.89. The Kier molecular flexibility index (Phi) is 6.50. The lowest BCUT2D eigenvalue weighted by molar-refractivity contribution is 0.719. The molecule has 49 heavy (non-hydrogen) atoms. The van der Waals surface area contributed by atoms with E-state index in [-0.39, 0.29) is 0 Å². The predicted octanol–water partition coefficient (Wildman–Crippen LogP) is 12.7. The summed E-state index contributed by atoms with van der Waals surface area (Å²) in [4.78, 5) is 6.78. The third kappa shape index (κ3) is 4.61. The van der Waals surface area contributed by atoms with Crippen LogP contribution in [0.1, 0.15) is 23.3 Å². The molecule has 9 aromatic rings. The van der Waals surface area contributed by atoms with Gasteiger partial charge in [-0.05, 0) is 79.2 Å². The molecule has 0 amide bonds. The number of thioether (sulfide) groups is 1. The number of imidazole rings is 1. The molecule has 2 aromatic heterocycles. The van der Waals surface area contributed by atoms with Crippen LogP contribution in [0.5, 0.6) is 0 Å². The van der Waals surface area contributed by atoms with E-state index < -0.39 is 0 Å². The number of nitrogens with zero attached hydrogens (tertiary/aromatic N) is 2. The van der Waals surface area contributed by atoms with Crippen molar-refractivity contribution < 1.29 is 0 Å². The Morgan fingerprint density at radius 2 is 1.12 bits per heavy atom. The fraction of sp³-hybridized carbons (Fsp3) is 0.0652. The topological polar surface area (TPSA) is 17.3 Å². The first kappa shape index (κ1) is 28.4. The lowest BCUT2D eigenvalue weighted by Gasteiger charge is -2.16. The van der Waals surface area contributed by atoms with Gasteiger partial charge in [-0.1, -0.05) is 140 Å². The van der Waals surface area contributed by atoms with Gasteiger partial charge in [-0.25, -0.2) is 4.98 Å². The van der Waals surface area contributed by atoms with Gasteiger partial charge in [0.15, 0.2) is 0 Å². The van der Waals surface area contributed by atoms with Gasteiger partial charge in [-0.2, -0.15) is 0 Å². The van der Waals surface area contributed by atoms with Crippen LogP contribution in [0.4, 0.5) is 0 Å². The third-order valence-corrected chi connectivity index (χ3v) is 11.8. The van der Waals surface area contributed by atoms with Crippen LogP contribution in [0.3, 0.4) is 0 Å². The van der Waals surface area contributed by atoms with E-state index in [1.807, 2.05) is 11.8 Å². The zero-order valence-electron chi connectivity index (χ0n) is 27.0. The first-order valence-corrected chi connectivity index (χ1v) is 17.9. The van der Waals surface area contributed by atoms with Gasteiger partial charge in [0.2, 0.25) is 0 Å². The Hall–Kier alpha value is -5.64. The summed E-state index contributed by atoms with van der Waals surface area (Å²) in [5.41, 5.74) is 10.5. The molecule has 2 nitrogen and oxygen atoms in total. The van der Waals surface area contributed by atoms with E-state index in [4.69, 9.17) is 4.98 Å². The molecule has 0 N–H and O–H groups in total. The van der Waals surface area contributed by atoms with Crippen molar-refractivity contribution in [1.29, 1.82) is 0 Å². The molecular formula is C46H32N2S. The molecule has 0 aliphatic carbocycles. The van der Waals surface area contributed by atoms with Crippen molar-refractivity contribution in [3.05, 3.63) is 175 Å². The molecule has 0 saturated heterocycles. The van der Waals surface area contributed by atoms with E-state index in [0.717, 1.165) is 16.7 Å². The maximum absolute atomic E-state index is 5.45. The third-order valence-electron chi connectivity index (χ3n) is 10.2. The van der Waals surface area contributed by atoms with Crippen molar-refractivity contribution in [2.45, 2.75) is 12.2 Å². The predicted molar refractivity (Wildman–Crippen MR) is 210 cm³/mol. The van der Waals surface area contributed by atoms with Crippen molar-refractivity contribution in [1.82, 2.24) is 9.38 Å². The lowest BCUT2D eigenvalue weighted by Crippen LogP contribution is -1.98. The monoisotopic (exact) mass is 644 g/mol. The van der Waals surface area contributed by atoms with Crippen molar-refractivity contribution in [3.8, 4) is 22.3 Å². The summed E-state index contributed by atoms with van der Waals surface area (Å²) in [6, 6.07) is 55.2. The summed E-state index contributed by atoms with van der Waals surface area (Å²) in [7, 11) is 0. The maximum Gasteiger partial charge on any atom is 0.137 e. The molecule has 7 aromatic carbocycles. The van der Waals surface area contributed by atoms with Gasteiger partial charge in [0.1, 0.15) is 5.65 Å². The van der Waals surface area contributed by atoms with Gasteiger partial charge in [0.25, 0.3) is 0 Å². The molecule has 1 aliphatic rings. The van der Waals surface area contributed by atoms with Crippen LogP contribution in [0.25, 0.3) is 76.2 Å². The Labute approximate surface area is 289 Å². The Morgan fingerprint density at radius 3 is 1.82 bits per heavy atom. The van der Waals surface area contributed by atoms with Crippen LogP contribution in [-0.2, 0) is 0 Å². The molecule has 0 saturated carbocycles. The summed E-state index contributed by atoms with van der Waals surface area (Å²) in [6.45, 7) is 2.34. The number of benzene rings is 7. The summed E-state index contributed by atoms with van der Waals surface area (Å²) >= 11 is 1.97. The second-order valence-corrected chi connectivity index (χ2v) is 14.4. The molecular weight excluding hydrogens is 613 g/mol. The molecule has 0 spiro atoms. The van der Waals surface area contributed by atoms with Crippen molar-refractivity contribution in [2.24, 2.45) is 5.92 Å². The Bertz CT molecular complexity index is 2770. The molecule has 232 valence electrons. The van der Waals surface area contributed by atoms with Crippen molar-refractivity contribution >= 4 is 65.7 Å². The van der Waals surface area contributed by atoms with Gasteiger partial charge >= 0.3 is 0 Å². The van der Waals surface area contributed by atoms with Gasteiger partial charge in [0.05, 0.1) is 11.0 Å². The largest absolute Gasteiger partial charge is 0.298 e. The summed E-state index contributed by atoms with van der Waals surface area (Å²) in [5, 5.41) is 7.80. The quantitative estimate of drug-likeness (QED) is 0.190. The summed E-state index contributed by atoms with van der Waals surface area (Å²) in [6.07, 6.45) is 4.77. The minimum absolute atomic E-state index is 0.406. The average molecular weight is 645 g/mol. The van der Waals surface area contributed by atoms with Crippen LogP contribution in [0.15, 0.2) is 164 Å². The minimum atomic E-state index is 0.406. The minimum Gasteiger partial charge on any atom is -0.298 e. The zero-order chi connectivity index (χ0) is 32.5. The molecule has 2 atom stereocenters. The highest BCUT2D eigenvalue weighted by Gasteiger charge is 2.28. The Balaban J connectivity index is 1.27. The number of fused-ring (bicyclic) bond motifs is 6. The Morgan fingerprint density at radius 1 is 0.551 bits per heavy atom. The smallest absolute Gasteiger partial charge is 0.137 e. The zero-order valence-corrected chi connectivity index (χ0v) is 27.9. The molecule has 0 radical (unpaired) electrons. The van der Waals surface area contributed by atoms with E-state index in [9.17, 15) is 0 Å². The maximum atomic E-state index is 5.45. The first-order chi connectivity index (χ1) is 24.2. The molecule has 3 heterocycles. The van der Waals surface area contributed by atoms with E-state index in [2.05, 4.69) is 175 Å². The molecule has 0 fully saturated rings. The van der Waals surface area contributed by atoms with Gasteiger partial charge in [-0.15, -0.1) is 11.8 Å². The number of aromatic nitrogens is 2. The van der Waals surface area contributed by atoms with Crippen LogP contribution in [0, 0.1) is 5.92 Å². The van der Waals surface area contributed by atoms with Crippen LogP contribution in [0.2, 0.25) is 0 Å². The SMILES string of the molecule is C[C@H]1C=C(c2ccc3nc4c(-c5ccc6ccccc6c5)c5ccccc5c(-c5ccc6ccccc6c5)c4n3c2)SC1c1ccccc1. The van der Waals surface area contributed by atoms with Crippen LogP contribution in [-0.4, -0.2) is 9.38 Å². The number of pyridine rings is 1. The van der Waals surface area contributed by atoms with Gasteiger partial charge in [-0.3, -0.25) is 4.40 Å². The van der Waals surface area contributed by atoms with Gasteiger partial charge in [0, 0.05) is 33.0 Å². The number of allylic oxidation sites excluding steroid dienone is 1. The average Bonchev–Trinajstić information content (AvgIpc) is 3.74. The molecule has 1 aliphatic heterocycles. The van der Waals surface area contributed by atoms with Crippen molar-refractivity contribution in [3.63, 3.8) is 0 Å². The molecule has 0 bridgehead atoms. The van der Waals surface area contributed by atoms with E-state index >= 15 is 0 Å². The van der Waals surface area contributed by atoms with Gasteiger partial charge < -0.3 is 0 Å². The highest BCUT2D eigenvalue weighted by molar-refractivity contribution is 8.08.